The minimum atomic E-state index is -2.65. The van der Waals surface area contributed by atoms with E-state index in [1.165, 1.54) is 12.1 Å². The van der Waals surface area contributed by atoms with E-state index < -0.39 is 12.4 Å². The smallest absolute Gasteiger partial charge is 0.870 e. The van der Waals surface area contributed by atoms with Crippen LogP contribution < -0.4 is 18.9 Å². The molecule has 0 spiro atoms. The third-order valence-electron chi connectivity index (χ3n) is 2.01. The summed E-state index contributed by atoms with van der Waals surface area (Å²) in [7, 11) is 3.57. The van der Waals surface area contributed by atoms with Crippen LogP contribution in [0.4, 0.5) is 8.78 Å². The fourth-order valence-electron chi connectivity index (χ4n) is 1.42. The molecule has 96 valence electrons. The fraction of sp³-hybridized carbons (Fsp3) is 0.364. The third-order valence-corrected chi connectivity index (χ3v) is 2.01. The van der Waals surface area contributed by atoms with Gasteiger partial charge in [0.25, 0.3) is 6.43 Å². The average Bonchev–Trinajstić information content (AvgIpc) is 2.15. The van der Waals surface area contributed by atoms with Crippen molar-refractivity contribution in [1.29, 1.82) is 0 Å². The van der Waals surface area contributed by atoms with Gasteiger partial charge in [-0.25, -0.2) is 13.6 Å². The Morgan fingerprint density at radius 2 is 1.89 bits per heavy atom. The Labute approximate surface area is 116 Å². The molecular formula is C11H14F2LiNO3. The van der Waals surface area contributed by atoms with E-state index in [1.54, 1.807) is 19.0 Å². The predicted octanol–water partition coefficient (Wildman–Crippen LogP) is -0.789. The van der Waals surface area contributed by atoms with E-state index in [0.29, 0.717) is 12.1 Å². The van der Waals surface area contributed by atoms with Crippen LogP contribution in [-0.4, -0.2) is 35.5 Å². The average molecular weight is 253 g/mol. The standard InChI is InChI=1S/C11H13F2NO2.Li.H2O/c1-14(2)6-7-3-8(10(12)13)5-9(4-7)11(15)16;;/h3-5,10H,6H2,1-2H3,(H,15,16);;1H2/q;+1;/p-1. The Hall–Kier alpha value is -0.933. The maximum atomic E-state index is 12.5. The zero-order chi connectivity index (χ0) is 12.3. The van der Waals surface area contributed by atoms with E-state index in [2.05, 4.69) is 0 Å². The number of hydrogen-bond donors (Lipinski definition) is 1. The summed E-state index contributed by atoms with van der Waals surface area (Å²) in [6, 6.07) is 3.75. The Morgan fingerprint density at radius 1 is 1.33 bits per heavy atom. The van der Waals surface area contributed by atoms with Gasteiger partial charge in [0.15, 0.2) is 0 Å². The molecule has 0 unspecified atom stereocenters. The summed E-state index contributed by atoms with van der Waals surface area (Å²) in [5, 5.41) is 8.79. The molecule has 0 aliphatic rings. The van der Waals surface area contributed by atoms with Crippen LogP contribution in [0.5, 0.6) is 0 Å². The van der Waals surface area contributed by atoms with Crippen molar-refractivity contribution in [3.05, 3.63) is 34.9 Å². The van der Waals surface area contributed by atoms with Crippen LogP contribution in [0, 0.1) is 0 Å². The molecule has 0 saturated heterocycles. The Morgan fingerprint density at radius 3 is 2.28 bits per heavy atom. The van der Waals surface area contributed by atoms with Gasteiger partial charge in [-0.2, -0.15) is 0 Å². The number of nitrogens with zero attached hydrogens (tertiary/aromatic N) is 1. The number of hydrogen-bond acceptors (Lipinski definition) is 3. The molecule has 1 aromatic rings. The third kappa shape index (κ3) is 5.60. The van der Waals surface area contributed by atoms with Gasteiger partial charge in [-0.1, -0.05) is 0 Å². The largest absolute Gasteiger partial charge is 1.00 e. The number of alkyl halides is 2. The van der Waals surface area contributed by atoms with Crippen molar-refractivity contribution in [3.63, 3.8) is 0 Å². The second kappa shape index (κ2) is 8.22. The SMILES string of the molecule is CN(C)Cc1cc(C(=O)O)cc(C(F)F)c1.[Li+].[OH-]. The van der Waals surface area contributed by atoms with Crippen LogP contribution in [0.3, 0.4) is 0 Å². The van der Waals surface area contributed by atoms with Gasteiger partial charge in [0.1, 0.15) is 0 Å². The maximum Gasteiger partial charge on any atom is 1.00 e. The number of aromatic carboxylic acids is 1. The molecule has 1 aromatic carbocycles. The van der Waals surface area contributed by atoms with E-state index in [1.807, 2.05) is 0 Å². The first-order chi connectivity index (χ1) is 7.40. The van der Waals surface area contributed by atoms with Crippen LogP contribution in [-0.2, 0) is 6.54 Å². The molecule has 2 N–H and O–H groups in total. The number of carboxylic acid groups (broad SMARTS) is 1. The van der Waals surface area contributed by atoms with Crippen LogP contribution >= 0.6 is 0 Å². The molecule has 0 aliphatic heterocycles. The van der Waals surface area contributed by atoms with Crippen molar-refractivity contribution in [3.8, 4) is 0 Å². The molecule has 0 aromatic heterocycles. The van der Waals surface area contributed by atoms with E-state index in [9.17, 15) is 13.6 Å². The summed E-state index contributed by atoms with van der Waals surface area (Å²) >= 11 is 0. The minimum absolute atomic E-state index is 0. The zero-order valence-electron chi connectivity index (χ0n) is 10.5. The van der Waals surface area contributed by atoms with Gasteiger partial charge >= 0.3 is 24.8 Å². The van der Waals surface area contributed by atoms with Crippen LogP contribution in [0.1, 0.15) is 27.9 Å². The summed E-state index contributed by atoms with van der Waals surface area (Å²) in [6.45, 7) is 0.431. The topological polar surface area (TPSA) is 70.5 Å². The summed E-state index contributed by atoms with van der Waals surface area (Å²) < 4.78 is 25.0. The van der Waals surface area contributed by atoms with Crippen molar-refractivity contribution in [1.82, 2.24) is 4.90 Å². The molecule has 18 heavy (non-hydrogen) atoms. The minimum Gasteiger partial charge on any atom is -0.870 e. The van der Waals surface area contributed by atoms with Gasteiger partial charge in [-0.05, 0) is 37.9 Å². The van der Waals surface area contributed by atoms with Crippen molar-refractivity contribution in [2.75, 3.05) is 14.1 Å². The van der Waals surface area contributed by atoms with Gasteiger partial charge < -0.3 is 15.5 Å². The molecule has 0 atom stereocenters. The van der Waals surface area contributed by atoms with E-state index in [0.717, 1.165) is 6.07 Å². The van der Waals surface area contributed by atoms with Gasteiger partial charge in [-0.3, -0.25) is 0 Å². The molecule has 0 fully saturated rings. The Balaban J connectivity index is 0. The Kier molecular flexibility index (Phi) is 8.86. The molecule has 4 nitrogen and oxygen atoms in total. The van der Waals surface area contributed by atoms with Crippen LogP contribution in [0.15, 0.2) is 18.2 Å². The second-order valence-corrected chi connectivity index (χ2v) is 3.81. The van der Waals surface area contributed by atoms with E-state index in [-0.39, 0.29) is 35.5 Å². The fourth-order valence-corrected chi connectivity index (χ4v) is 1.42. The molecular weight excluding hydrogens is 239 g/mol. The zero-order valence-corrected chi connectivity index (χ0v) is 10.5. The molecule has 0 bridgehead atoms. The second-order valence-electron chi connectivity index (χ2n) is 3.81. The van der Waals surface area contributed by atoms with Crippen molar-refractivity contribution in [2.45, 2.75) is 13.0 Å². The summed E-state index contributed by atoms with van der Waals surface area (Å²) in [4.78, 5) is 12.5. The van der Waals surface area contributed by atoms with Crippen LogP contribution in [0.2, 0.25) is 0 Å². The molecule has 0 saturated carbocycles. The quantitative estimate of drug-likeness (QED) is 0.714. The molecule has 0 amide bonds. The van der Waals surface area contributed by atoms with Gasteiger partial charge in [0, 0.05) is 12.1 Å². The summed E-state index contributed by atoms with van der Waals surface area (Å²) in [5.41, 5.74) is 0.214. The molecule has 0 aliphatic carbocycles. The first kappa shape index (κ1) is 19.4. The van der Waals surface area contributed by atoms with Crippen molar-refractivity contribution < 1.29 is 43.0 Å². The first-order valence-electron chi connectivity index (χ1n) is 4.70. The van der Waals surface area contributed by atoms with E-state index >= 15 is 0 Å². The molecule has 0 radical (unpaired) electrons. The Bertz CT molecular complexity index is 400. The predicted molar refractivity (Wildman–Crippen MR) is 57.7 cm³/mol. The monoisotopic (exact) mass is 253 g/mol. The molecule has 0 heterocycles. The number of carbonyl (C=O) groups is 1. The summed E-state index contributed by atoms with van der Waals surface area (Å²) in [6.07, 6.45) is -2.65. The van der Waals surface area contributed by atoms with Gasteiger partial charge in [0.2, 0.25) is 0 Å². The van der Waals surface area contributed by atoms with Crippen LogP contribution in [0.25, 0.3) is 0 Å². The number of halogens is 2. The van der Waals surface area contributed by atoms with E-state index in [4.69, 9.17) is 5.11 Å². The van der Waals surface area contributed by atoms with Crippen molar-refractivity contribution in [2.24, 2.45) is 0 Å². The number of carboxylic acids is 1. The van der Waals surface area contributed by atoms with Gasteiger partial charge in [-0.15, -0.1) is 0 Å². The molecule has 7 heteroatoms. The normalized spacial score (nSPS) is 9.89. The van der Waals surface area contributed by atoms with Crippen molar-refractivity contribution >= 4 is 5.97 Å². The van der Waals surface area contributed by atoms with Gasteiger partial charge in [0.05, 0.1) is 5.56 Å². The number of rotatable bonds is 4. The first-order valence-corrected chi connectivity index (χ1v) is 4.70. The number of benzene rings is 1. The maximum absolute atomic E-state index is 12.5. The summed E-state index contributed by atoms with van der Waals surface area (Å²) in [5.74, 6) is -1.19. The molecule has 1 rings (SSSR count).